The van der Waals surface area contributed by atoms with Gasteiger partial charge in [0.25, 0.3) is 5.91 Å². The van der Waals surface area contributed by atoms with Crippen LogP contribution in [0, 0.1) is 0 Å². The van der Waals surface area contributed by atoms with Crippen LogP contribution in [-0.4, -0.2) is 40.5 Å². The maximum Gasteiger partial charge on any atom is 0.271 e. The smallest absolute Gasteiger partial charge is 0.271 e. The van der Waals surface area contributed by atoms with E-state index in [-0.39, 0.29) is 5.91 Å². The van der Waals surface area contributed by atoms with Gasteiger partial charge in [-0.05, 0) is 30.9 Å². The van der Waals surface area contributed by atoms with Crippen molar-refractivity contribution in [3.8, 4) is 0 Å². The summed E-state index contributed by atoms with van der Waals surface area (Å²) in [5, 5.41) is 4.12. The SMILES string of the molecule is O=C(NCCc1c[nH]c2ccccc12)c1cnc(N2CCCC2)cn1. The number of nitrogens with one attached hydrogen (secondary N) is 2. The molecule has 3 aromatic rings. The predicted octanol–water partition coefficient (Wildman–Crippen LogP) is 2.53. The van der Waals surface area contributed by atoms with Crippen molar-refractivity contribution in [2.24, 2.45) is 0 Å². The van der Waals surface area contributed by atoms with E-state index in [0.717, 1.165) is 30.8 Å². The number of carbonyl (C=O) groups is 1. The van der Waals surface area contributed by atoms with E-state index >= 15 is 0 Å². The number of fused-ring (bicyclic) bond motifs is 1. The Kier molecular flexibility index (Phi) is 4.33. The highest BCUT2D eigenvalue weighted by atomic mass is 16.1. The fraction of sp³-hybridized carbons (Fsp3) is 0.316. The summed E-state index contributed by atoms with van der Waals surface area (Å²) in [7, 11) is 0. The lowest BCUT2D eigenvalue weighted by atomic mass is 10.1. The predicted molar refractivity (Wildman–Crippen MR) is 97.8 cm³/mol. The number of para-hydroxylation sites is 1. The molecule has 0 radical (unpaired) electrons. The molecule has 6 heteroatoms. The van der Waals surface area contributed by atoms with Gasteiger partial charge in [-0.1, -0.05) is 18.2 Å². The molecule has 2 aromatic heterocycles. The number of rotatable bonds is 5. The van der Waals surface area contributed by atoms with Gasteiger partial charge in [0, 0.05) is 36.7 Å². The van der Waals surface area contributed by atoms with Crippen molar-refractivity contribution < 1.29 is 4.79 Å². The van der Waals surface area contributed by atoms with Crippen molar-refractivity contribution in [1.82, 2.24) is 20.3 Å². The summed E-state index contributed by atoms with van der Waals surface area (Å²) in [6.07, 6.45) is 8.42. The molecule has 0 bridgehead atoms. The van der Waals surface area contributed by atoms with Gasteiger partial charge in [-0.15, -0.1) is 0 Å². The Morgan fingerprint density at radius 2 is 2.00 bits per heavy atom. The highest BCUT2D eigenvalue weighted by Crippen LogP contribution is 2.18. The molecule has 0 unspecified atom stereocenters. The Hall–Kier alpha value is -2.89. The molecule has 25 heavy (non-hydrogen) atoms. The lowest BCUT2D eigenvalue weighted by molar-refractivity contribution is 0.0949. The van der Waals surface area contributed by atoms with E-state index < -0.39 is 0 Å². The van der Waals surface area contributed by atoms with Crippen LogP contribution in [0.4, 0.5) is 5.82 Å². The fourth-order valence-electron chi connectivity index (χ4n) is 3.29. The molecule has 0 aliphatic carbocycles. The molecule has 2 N–H and O–H groups in total. The molecule has 1 aromatic carbocycles. The highest BCUT2D eigenvalue weighted by Gasteiger charge is 2.15. The second kappa shape index (κ2) is 6.93. The maximum absolute atomic E-state index is 12.2. The molecule has 1 fully saturated rings. The van der Waals surface area contributed by atoms with Gasteiger partial charge in [0.2, 0.25) is 0 Å². The molecular formula is C19H21N5O. The lowest BCUT2D eigenvalue weighted by Crippen LogP contribution is -2.27. The Bertz CT molecular complexity index is 865. The first-order valence-corrected chi connectivity index (χ1v) is 8.71. The molecule has 1 aliphatic heterocycles. The third kappa shape index (κ3) is 3.33. The van der Waals surface area contributed by atoms with Crippen LogP contribution in [0.25, 0.3) is 10.9 Å². The van der Waals surface area contributed by atoms with Crippen molar-refractivity contribution in [1.29, 1.82) is 0 Å². The Balaban J connectivity index is 1.34. The van der Waals surface area contributed by atoms with Gasteiger partial charge in [0.05, 0.1) is 12.4 Å². The van der Waals surface area contributed by atoms with Crippen LogP contribution < -0.4 is 10.2 Å². The largest absolute Gasteiger partial charge is 0.361 e. The monoisotopic (exact) mass is 335 g/mol. The lowest BCUT2D eigenvalue weighted by Gasteiger charge is -2.15. The molecule has 1 amide bonds. The van der Waals surface area contributed by atoms with Gasteiger partial charge in [-0.2, -0.15) is 0 Å². The first-order valence-electron chi connectivity index (χ1n) is 8.71. The number of amides is 1. The van der Waals surface area contributed by atoms with E-state index in [4.69, 9.17) is 0 Å². The quantitative estimate of drug-likeness (QED) is 0.751. The summed E-state index contributed by atoms with van der Waals surface area (Å²) in [6, 6.07) is 8.17. The number of carbonyl (C=O) groups excluding carboxylic acids is 1. The van der Waals surface area contributed by atoms with Gasteiger partial charge in [0.1, 0.15) is 11.5 Å². The van der Waals surface area contributed by atoms with Gasteiger partial charge >= 0.3 is 0 Å². The van der Waals surface area contributed by atoms with Gasteiger partial charge in [-0.25, -0.2) is 9.97 Å². The third-order valence-electron chi connectivity index (χ3n) is 4.66. The third-order valence-corrected chi connectivity index (χ3v) is 4.66. The number of nitrogens with zero attached hydrogens (tertiary/aromatic N) is 3. The molecular weight excluding hydrogens is 314 g/mol. The summed E-state index contributed by atoms with van der Waals surface area (Å²) < 4.78 is 0. The summed E-state index contributed by atoms with van der Waals surface area (Å²) in [4.78, 5) is 26.3. The van der Waals surface area contributed by atoms with Crippen LogP contribution in [0.3, 0.4) is 0 Å². The standard InChI is InChI=1S/C19H21N5O/c25-19(17-12-23-18(13-22-17)24-9-3-4-10-24)20-8-7-14-11-21-16-6-2-1-5-15(14)16/h1-2,5-6,11-13,21H,3-4,7-10H2,(H,20,25). The zero-order chi connectivity index (χ0) is 17.1. The van der Waals surface area contributed by atoms with Crippen molar-refractivity contribution in [3.63, 3.8) is 0 Å². The Morgan fingerprint density at radius 3 is 2.80 bits per heavy atom. The molecule has 1 aliphatic rings. The van der Waals surface area contributed by atoms with Crippen LogP contribution in [0.5, 0.6) is 0 Å². The van der Waals surface area contributed by atoms with Crippen molar-refractivity contribution in [2.45, 2.75) is 19.3 Å². The molecule has 128 valence electrons. The molecule has 0 atom stereocenters. The minimum Gasteiger partial charge on any atom is -0.361 e. The van der Waals surface area contributed by atoms with Crippen LogP contribution in [0.2, 0.25) is 0 Å². The van der Waals surface area contributed by atoms with Crippen LogP contribution in [-0.2, 0) is 6.42 Å². The van der Waals surface area contributed by atoms with Gasteiger partial charge < -0.3 is 15.2 Å². The van der Waals surface area contributed by atoms with Crippen LogP contribution in [0.1, 0.15) is 28.9 Å². The zero-order valence-corrected chi connectivity index (χ0v) is 14.0. The summed E-state index contributed by atoms with van der Waals surface area (Å²) in [5.41, 5.74) is 2.68. The minimum absolute atomic E-state index is 0.180. The van der Waals surface area contributed by atoms with Crippen LogP contribution >= 0.6 is 0 Å². The second-order valence-corrected chi connectivity index (χ2v) is 6.32. The molecule has 4 rings (SSSR count). The van der Waals surface area contributed by atoms with E-state index in [1.165, 1.54) is 23.8 Å². The normalized spacial score (nSPS) is 14.2. The van der Waals surface area contributed by atoms with Crippen molar-refractivity contribution in [2.75, 3.05) is 24.5 Å². The molecule has 6 nitrogen and oxygen atoms in total. The molecule has 1 saturated heterocycles. The Labute approximate surface area is 146 Å². The first kappa shape index (κ1) is 15.6. The second-order valence-electron chi connectivity index (χ2n) is 6.32. The fourth-order valence-corrected chi connectivity index (χ4v) is 3.29. The number of hydrogen-bond donors (Lipinski definition) is 2. The average molecular weight is 335 g/mol. The summed E-state index contributed by atoms with van der Waals surface area (Å²) in [5.74, 6) is 0.674. The van der Waals surface area contributed by atoms with E-state index in [2.05, 4.69) is 37.3 Å². The maximum atomic E-state index is 12.2. The van der Waals surface area contributed by atoms with E-state index in [0.29, 0.717) is 12.2 Å². The number of H-pyrrole nitrogens is 1. The molecule has 0 saturated carbocycles. The minimum atomic E-state index is -0.180. The number of benzene rings is 1. The average Bonchev–Trinajstić information content (AvgIpc) is 3.32. The first-order chi connectivity index (χ1) is 12.3. The summed E-state index contributed by atoms with van der Waals surface area (Å²) >= 11 is 0. The van der Waals surface area contributed by atoms with Crippen molar-refractivity contribution in [3.05, 3.63) is 54.1 Å². The number of anilines is 1. The van der Waals surface area contributed by atoms with Gasteiger partial charge in [0.15, 0.2) is 0 Å². The topological polar surface area (TPSA) is 73.9 Å². The molecule has 0 spiro atoms. The van der Waals surface area contributed by atoms with E-state index in [9.17, 15) is 4.79 Å². The van der Waals surface area contributed by atoms with Gasteiger partial charge in [-0.3, -0.25) is 4.79 Å². The number of aromatic amines is 1. The molecule has 3 heterocycles. The Morgan fingerprint density at radius 1 is 1.16 bits per heavy atom. The van der Waals surface area contributed by atoms with Crippen LogP contribution in [0.15, 0.2) is 42.9 Å². The summed E-state index contributed by atoms with van der Waals surface area (Å²) in [6.45, 7) is 2.60. The number of hydrogen-bond acceptors (Lipinski definition) is 4. The zero-order valence-electron chi connectivity index (χ0n) is 14.0. The number of aromatic nitrogens is 3. The van der Waals surface area contributed by atoms with E-state index in [1.54, 1.807) is 12.4 Å². The van der Waals surface area contributed by atoms with Crippen molar-refractivity contribution >= 4 is 22.6 Å². The van der Waals surface area contributed by atoms with E-state index in [1.807, 2.05) is 18.3 Å². The highest BCUT2D eigenvalue weighted by molar-refractivity contribution is 5.92.